The van der Waals surface area contributed by atoms with Crippen LogP contribution in [0.25, 0.3) is 0 Å². The molecule has 0 saturated heterocycles. The van der Waals surface area contributed by atoms with Crippen LogP contribution in [0.1, 0.15) is 82.4 Å². The molecule has 1 fully saturated rings. The summed E-state index contributed by atoms with van der Waals surface area (Å²) in [7, 11) is 0. The largest absolute Gasteiger partial charge is 0.449 e. The number of ketones is 1. The van der Waals surface area contributed by atoms with E-state index in [0.717, 1.165) is 50.5 Å². The fraction of sp³-hybridized carbons (Fsp3) is 0.500. The minimum Gasteiger partial charge on any atom is -0.449 e. The lowest BCUT2D eigenvalue weighted by Gasteiger charge is -2.37. The van der Waals surface area contributed by atoms with Gasteiger partial charge in [-0.15, -0.1) is 0 Å². The van der Waals surface area contributed by atoms with Crippen molar-refractivity contribution in [1.82, 2.24) is 10.6 Å². The number of hydrogen-bond donors (Lipinski definition) is 2. The smallest absolute Gasteiger partial charge is 0.407 e. The number of benzene rings is 2. The minimum absolute atomic E-state index is 0.0949. The molecule has 0 aromatic heterocycles. The van der Waals surface area contributed by atoms with Crippen molar-refractivity contribution in [3.05, 3.63) is 71.8 Å². The van der Waals surface area contributed by atoms with E-state index in [1.54, 1.807) is 0 Å². The van der Waals surface area contributed by atoms with Crippen molar-refractivity contribution >= 4 is 17.8 Å². The van der Waals surface area contributed by atoms with Crippen molar-refractivity contribution in [3.63, 3.8) is 0 Å². The Morgan fingerprint density at radius 2 is 1.56 bits per heavy atom. The molecule has 1 saturated carbocycles. The van der Waals surface area contributed by atoms with E-state index in [1.807, 2.05) is 62.4 Å². The maximum absolute atomic E-state index is 13.0. The van der Waals surface area contributed by atoms with E-state index < -0.39 is 23.8 Å². The van der Waals surface area contributed by atoms with Crippen molar-refractivity contribution < 1.29 is 19.1 Å². The molecule has 6 nitrogen and oxygen atoms in total. The first kappa shape index (κ1) is 27.4. The van der Waals surface area contributed by atoms with Gasteiger partial charge in [0.05, 0.1) is 12.6 Å². The lowest BCUT2D eigenvalue weighted by molar-refractivity contribution is -0.139. The molecule has 194 valence electrons. The van der Waals surface area contributed by atoms with Gasteiger partial charge in [-0.3, -0.25) is 9.59 Å². The highest BCUT2D eigenvalue weighted by Crippen LogP contribution is 2.39. The molecule has 2 amide bonds. The molecule has 2 aromatic rings. The quantitative estimate of drug-likeness (QED) is 0.361. The fourth-order valence-corrected chi connectivity index (χ4v) is 5.03. The molecule has 0 unspecified atom stereocenters. The van der Waals surface area contributed by atoms with Gasteiger partial charge < -0.3 is 15.4 Å². The number of alkyl carbamates (subject to hydrolysis) is 1. The van der Waals surface area contributed by atoms with E-state index in [9.17, 15) is 14.4 Å². The van der Waals surface area contributed by atoms with Gasteiger partial charge in [0, 0.05) is 5.41 Å². The van der Waals surface area contributed by atoms with Crippen molar-refractivity contribution in [2.24, 2.45) is 5.41 Å². The number of Topliss-reactive ketones (excluding diaryl/α,β-unsaturated/α-hetero) is 1. The second-order valence-electron chi connectivity index (χ2n) is 10.1. The second-order valence-corrected chi connectivity index (χ2v) is 10.1. The molecule has 36 heavy (non-hydrogen) atoms. The van der Waals surface area contributed by atoms with Crippen LogP contribution in [0.2, 0.25) is 0 Å². The van der Waals surface area contributed by atoms with Gasteiger partial charge in [-0.2, -0.15) is 0 Å². The molecule has 0 bridgehead atoms. The molecule has 0 spiro atoms. The lowest BCUT2D eigenvalue weighted by atomic mass is 9.71. The maximum Gasteiger partial charge on any atom is 0.407 e. The molecule has 1 aliphatic rings. The topological polar surface area (TPSA) is 84.5 Å². The third kappa shape index (κ3) is 8.21. The average Bonchev–Trinajstić information content (AvgIpc) is 2.91. The van der Waals surface area contributed by atoms with Crippen LogP contribution in [0, 0.1) is 5.41 Å². The molecule has 3 rings (SSSR count). The number of nitrogens with one attached hydrogen (secondary N) is 2. The molecular weight excluding hydrogens is 452 g/mol. The van der Waals surface area contributed by atoms with E-state index >= 15 is 0 Å². The first-order valence-corrected chi connectivity index (χ1v) is 13.3. The number of unbranched alkanes of at least 4 members (excludes halogenated alkanes) is 1. The van der Waals surface area contributed by atoms with Crippen LogP contribution in [-0.4, -0.2) is 30.4 Å². The van der Waals surface area contributed by atoms with Gasteiger partial charge in [0.25, 0.3) is 5.91 Å². The molecular formula is C30H40N2O4. The van der Waals surface area contributed by atoms with Gasteiger partial charge in [0.15, 0.2) is 0 Å². The van der Waals surface area contributed by atoms with Gasteiger partial charge in [-0.05, 0) is 43.7 Å². The summed E-state index contributed by atoms with van der Waals surface area (Å²) in [5.41, 5.74) is 2.05. The average molecular weight is 493 g/mol. The van der Waals surface area contributed by atoms with Crippen LogP contribution in [0.15, 0.2) is 60.7 Å². The van der Waals surface area contributed by atoms with E-state index in [4.69, 9.17) is 4.74 Å². The zero-order valence-electron chi connectivity index (χ0n) is 21.6. The summed E-state index contributed by atoms with van der Waals surface area (Å²) < 4.78 is 5.71. The molecule has 0 aliphatic heterocycles. The Morgan fingerprint density at radius 3 is 2.19 bits per heavy atom. The van der Waals surface area contributed by atoms with Crippen LogP contribution < -0.4 is 10.6 Å². The van der Waals surface area contributed by atoms with Crippen LogP contribution in [0.4, 0.5) is 4.79 Å². The third-order valence-electron chi connectivity index (χ3n) is 7.17. The van der Waals surface area contributed by atoms with Crippen LogP contribution >= 0.6 is 0 Å². The Kier molecular flexibility index (Phi) is 10.5. The van der Waals surface area contributed by atoms with Gasteiger partial charge in [-0.1, -0.05) is 99.7 Å². The molecule has 0 radical (unpaired) electrons. The number of ether oxygens (including phenoxy) is 1. The molecule has 2 N–H and O–H groups in total. The molecule has 0 heterocycles. The van der Waals surface area contributed by atoms with Crippen LogP contribution in [-0.2, 0) is 20.7 Å². The Labute approximate surface area is 215 Å². The number of hydrogen-bond acceptors (Lipinski definition) is 4. The Morgan fingerprint density at radius 1 is 0.917 bits per heavy atom. The predicted molar refractivity (Wildman–Crippen MR) is 141 cm³/mol. The molecule has 6 heteroatoms. The summed E-state index contributed by atoms with van der Waals surface area (Å²) in [6, 6.07) is 18.6. The maximum atomic E-state index is 13.0. The van der Waals surface area contributed by atoms with E-state index in [-0.39, 0.29) is 11.5 Å². The number of rotatable bonds is 12. The summed E-state index contributed by atoms with van der Waals surface area (Å²) in [5.74, 6) is -1.33. The highest BCUT2D eigenvalue weighted by atomic mass is 16.5. The van der Waals surface area contributed by atoms with E-state index in [2.05, 4.69) is 22.8 Å². The summed E-state index contributed by atoms with van der Waals surface area (Å²) in [6.07, 6.45) is 7.65. The first-order valence-electron chi connectivity index (χ1n) is 13.3. The number of carbonyl (C=O) groups excluding carboxylic acids is 3. The summed E-state index contributed by atoms with van der Waals surface area (Å²) in [4.78, 5) is 38.5. The fourth-order valence-electron chi connectivity index (χ4n) is 5.03. The van der Waals surface area contributed by atoms with Crippen molar-refractivity contribution in [2.45, 2.75) is 83.7 Å². The zero-order chi connectivity index (χ0) is 25.8. The summed E-state index contributed by atoms with van der Waals surface area (Å²) in [6.45, 7) is 4.15. The normalized spacial score (nSPS) is 16.4. The SMILES string of the molecule is CCCC[C@H](NC(=O)OCC1(Cc2ccccc2)CCCCC1)C(=O)C(=O)N[C@H](C)c1ccccc1. The van der Waals surface area contributed by atoms with Crippen molar-refractivity contribution in [1.29, 1.82) is 0 Å². The van der Waals surface area contributed by atoms with Crippen LogP contribution in [0.5, 0.6) is 0 Å². The van der Waals surface area contributed by atoms with Crippen molar-refractivity contribution in [3.8, 4) is 0 Å². The predicted octanol–water partition coefficient (Wildman–Crippen LogP) is 5.91. The Balaban J connectivity index is 1.59. The minimum atomic E-state index is -0.906. The van der Waals surface area contributed by atoms with Gasteiger partial charge in [0.1, 0.15) is 6.04 Å². The van der Waals surface area contributed by atoms with Crippen LogP contribution in [0.3, 0.4) is 0 Å². The first-order chi connectivity index (χ1) is 17.4. The van der Waals surface area contributed by atoms with Gasteiger partial charge >= 0.3 is 6.09 Å². The monoisotopic (exact) mass is 492 g/mol. The van der Waals surface area contributed by atoms with Gasteiger partial charge in [0.2, 0.25) is 5.78 Å². The van der Waals surface area contributed by atoms with E-state index in [0.29, 0.717) is 13.0 Å². The lowest BCUT2D eigenvalue weighted by Crippen LogP contribution is -2.48. The van der Waals surface area contributed by atoms with Crippen molar-refractivity contribution in [2.75, 3.05) is 6.61 Å². The second kappa shape index (κ2) is 13.8. The Bertz CT molecular complexity index is 971. The van der Waals surface area contributed by atoms with E-state index in [1.165, 1.54) is 12.0 Å². The number of amides is 2. The number of carbonyl (C=O) groups is 3. The molecule has 2 aromatic carbocycles. The third-order valence-corrected chi connectivity index (χ3v) is 7.17. The molecule has 2 atom stereocenters. The standard InChI is InChI=1S/C30H40N2O4/c1-3-4-18-26(27(33)28(34)31-23(2)25-16-10-6-11-17-25)32-29(35)36-22-30(19-12-7-13-20-30)21-24-14-8-5-9-15-24/h5-6,8-11,14-17,23,26H,3-4,7,12-13,18-22H2,1-2H3,(H,31,34)(H,32,35)/t23-,26+/m1/s1. The molecule has 1 aliphatic carbocycles. The summed E-state index contributed by atoms with van der Waals surface area (Å²) >= 11 is 0. The highest BCUT2D eigenvalue weighted by molar-refractivity contribution is 6.38. The van der Waals surface area contributed by atoms with Gasteiger partial charge in [-0.25, -0.2) is 4.79 Å². The Hall–Kier alpha value is -3.15. The zero-order valence-corrected chi connectivity index (χ0v) is 21.6. The highest BCUT2D eigenvalue weighted by Gasteiger charge is 2.35. The summed E-state index contributed by atoms with van der Waals surface area (Å²) in [5, 5.41) is 5.46.